The van der Waals surface area contributed by atoms with Gasteiger partial charge in [0.05, 0.1) is 25.8 Å². The van der Waals surface area contributed by atoms with Gasteiger partial charge in [0.25, 0.3) is 11.7 Å². The van der Waals surface area contributed by atoms with E-state index in [0.717, 1.165) is 11.1 Å². The van der Waals surface area contributed by atoms with E-state index in [1.54, 1.807) is 49.6 Å². The van der Waals surface area contributed by atoms with Gasteiger partial charge < -0.3 is 29.0 Å². The number of amides is 1. The van der Waals surface area contributed by atoms with Crippen molar-refractivity contribution in [2.45, 2.75) is 26.0 Å². The van der Waals surface area contributed by atoms with Crippen LogP contribution in [0.4, 0.5) is 0 Å². The van der Waals surface area contributed by atoms with E-state index < -0.39 is 17.7 Å². The molecule has 1 aliphatic heterocycles. The molecule has 1 saturated heterocycles. The number of rotatable bonds is 11. The van der Waals surface area contributed by atoms with Gasteiger partial charge in [-0.3, -0.25) is 9.59 Å². The van der Waals surface area contributed by atoms with Crippen LogP contribution in [0.5, 0.6) is 17.2 Å². The molecule has 0 aliphatic carbocycles. The van der Waals surface area contributed by atoms with Crippen LogP contribution in [0.25, 0.3) is 5.76 Å². The molecule has 1 fully saturated rings. The first kappa shape index (κ1) is 27.7. The van der Waals surface area contributed by atoms with Crippen LogP contribution >= 0.6 is 0 Å². The van der Waals surface area contributed by atoms with Gasteiger partial charge in [0, 0.05) is 25.8 Å². The third kappa shape index (κ3) is 5.91. The second-order valence-corrected chi connectivity index (χ2v) is 9.19. The first-order chi connectivity index (χ1) is 18.9. The lowest BCUT2D eigenvalue weighted by Crippen LogP contribution is -2.31. The molecular formula is C31H33NO7. The quantitative estimate of drug-likeness (QED) is 0.160. The molecule has 8 heteroatoms. The second-order valence-electron chi connectivity index (χ2n) is 9.19. The molecule has 1 N–H and O–H groups in total. The van der Waals surface area contributed by atoms with E-state index in [1.807, 2.05) is 31.2 Å². The summed E-state index contributed by atoms with van der Waals surface area (Å²) < 4.78 is 21.9. The number of aliphatic hydroxyl groups excluding tert-OH is 1. The van der Waals surface area contributed by atoms with Crippen LogP contribution in [0.1, 0.15) is 34.7 Å². The molecule has 1 amide bonds. The van der Waals surface area contributed by atoms with Crippen LogP contribution in [-0.2, 0) is 20.9 Å². The zero-order valence-electron chi connectivity index (χ0n) is 22.6. The highest BCUT2D eigenvalue weighted by atomic mass is 16.5. The second kappa shape index (κ2) is 12.5. The number of Topliss-reactive ketones (excluding diaryl/α,β-unsaturated/α-hetero) is 1. The molecule has 0 saturated carbocycles. The number of carbonyl (C=O) groups is 2. The summed E-state index contributed by atoms with van der Waals surface area (Å²) >= 11 is 0. The number of methoxy groups -OCH3 is 3. The molecule has 8 nitrogen and oxygen atoms in total. The van der Waals surface area contributed by atoms with Gasteiger partial charge in [0.15, 0.2) is 11.5 Å². The lowest BCUT2D eigenvalue weighted by molar-refractivity contribution is -0.140. The van der Waals surface area contributed by atoms with Crippen molar-refractivity contribution in [2.75, 3.05) is 34.5 Å². The van der Waals surface area contributed by atoms with Crippen LogP contribution < -0.4 is 14.2 Å². The predicted octanol–water partition coefficient (Wildman–Crippen LogP) is 5.05. The Hall–Kier alpha value is -4.30. The SMILES string of the molecule is COCCCN1C(=O)C(=O)C(=C(O)c2ccc(OCc3ccccc3C)cc2)[C@H]1c1ccc(OC)c(OC)c1. The van der Waals surface area contributed by atoms with Crippen LogP contribution in [-0.4, -0.2) is 56.2 Å². The average Bonchev–Trinajstić information content (AvgIpc) is 3.21. The molecule has 3 aromatic carbocycles. The maximum absolute atomic E-state index is 13.3. The summed E-state index contributed by atoms with van der Waals surface area (Å²) in [5.74, 6) is -0.0965. The minimum Gasteiger partial charge on any atom is -0.507 e. The summed E-state index contributed by atoms with van der Waals surface area (Å²) in [5.41, 5.74) is 3.24. The van der Waals surface area contributed by atoms with Crippen molar-refractivity contribution in [3.63, 3.8) is 0 Å². The van der Waals surface area contributed by atoms with Gasteiger partial charge in [-0.15, -0.1) is 0 Å². The topological polar surface area (TPSA) is 94.5 Å². The highest BCUT2D eigenvalue weighted by Crippen LogP contribution is 2.42. The highest BCUT2D eigenvalue weighted by Gasteiger charge is 2.46. The van der Waals surface area contributed by atoms with Crippen molar-refractivity contribution >= 4 is 17.4 Å². The van der Waals surface area contributed by atoms with E-state index in [0.29, 0.717) is 48.0 Å². The number of hydrogen-bond donors (Lipinski definition) is 1. The van der Waals surface area contributed by atoms with Gasteiger partial charge in [0.2, 0.25) is 0 Å². The van der Waals surface area contributed by atoms with Gasteiger partial charge in [-0.2, -0.15) is 0 Å². The van der Waals surface area contributed by atoms with Gasteiger partial charge in [-0.25, -0.2) is 0 Å². The Morgan fingerprint density at radius 1 is 0.923 bits per heavy atom. The van der Waals surface area contributed by atoms with Crippen LogP contribution in [0, 0.1) is 6.92 Å². The third-order valence-corrected chi connectivity index (χ3v) is 6.79. The molecule has 204 valence electrons. The van der Waals surface area contributed by atoms with E-state index in [2.05, 4.69) is 0 Å². The number of nitrogens with zero attached hydrogens (tertiary/aromatic N) is 1. The normalized spacial score (nSPS) is 16.4. The van der Waals surface area contributed by atoms with E-state index in [-0.39, 0.29) is 17.9 Å². The van der Waals surface area contributed by atoms with Gasteiger partial charge in [-0.05, 0) is 66.4 Å². The Labute approximate surface area is 228 Å². The van der Waals surface area contributed by atoms with Crippen molar-refractivity contribution in [3.8, 4) is 17.2 Å². The fraction of sp³-hybridized carbons (Fsp3) is 0.290. The molecule has 0 bridgehead atoms. The molecular weight excluding hydrogens is 498 g/mol. The number of ether oxygens (including phenoxy) is 4. The van der Waals surface area contributed by atoms with Crippen LogP contribution in [0.3, 0.4) is 0 Å². The third-order valence-electron chi connectivity index (χ3n) is 6.79. The number of likely N-dealkylation sites (tertiary alicyclic amines) is 1. The number of aryl methyl sites for hydroxylation is 1. The minimum atomic E-state index is -0.807. The number of carbonyl (C=O) groups excluding carboxylic acids is 2. The Kier molecular flexibility index (Phi) is 8.88. The molecule has 0 aromatic heterocycles. The molecule has 4 rings (SSSR count). The first-order valence-corrected chi connectivity index (χ1v) is 12.7. The molecule has 3 aromatic rings. The number of benzene rings is 3. The first-order valence-electron chi connectivity index (χ1n) is 12.7. The average molecular weight is 532 g/mol. The lowest BCUT2D eigenvalue weighted by Gasteiger charge is -2.26. The Balaban J connectivity index is 1.68. The summed E-state index contributed by atoms with van der Waals surface area (Å²) in [4.78, 5) is 27.9. The molecule has 1 atom stereocenters. The van der Waals surface area contributed by atoms with E-state index in [9.17, 15) is 14.7 Å². The summed E-state index contributed by atoms with van der Waals surface area (Å²) in [6, 6.07) is 19.2. The highest BCUT2D eigenvalue weighted by molar-refractivity contribution is 6.46. The predicted molar refractivity (Wildman–Crippen MR) is 147 cm³/mol. The van der Waals surface area contributed by atoms with Crippen molar-refractivity contribution in [1.82, 2.24) is 4.90 Å². The van der Waals surface area contributed by atoms with Crippen molar-refractivity contribution < 1.29 is 33.6 Å². The molecule has 39 heavy (non-hydrogen) atoms. The van der Waals surface area contributed by atoms with Crippen molar-refractivity contribution in [1.29, 1.82) is 0 Å². The smallest absolute Gasteiger partial charge is 0.295 e. The molecule has 1 aliphatic rings. The summed E-state index contributed by atoms with van der Waals surface area (Å²) in [7, 11) is 4.62. The molecule has 0 radical (unpaired) electrons. The van der Waals surface area contributed by atoms with E-state index >= 15 is 0 Å². The van der Waals surface area contributed by atoms with E-state index in [1.165, 1.54) is 19.1 Å². The Bertz CT molecular complexity index is 1360. The summed E-state index contributed by atoms with van der Waals surface area (Å²) in [6.45, 7) is 3.13. The molecule has 0 unspecified atom stereocenters. The maximum atomic E-state index is 13.3. The van der Waals surface area contributed by atoms with Crippen molar-refractivity contribution in [3.05, 3.63) is 94.6 Å². The fourth-order valence-electron chi connectivity index (χ4n) is 4.66. The standard InChI is InChI=1S/C31H33NO7/c1-20-8-5-6-9-23(20)19-39-24-13-10-21(11-14-24)29(33)27-28(22-12-15-25(37-3)26(18-22)38-4)32(16-7-17-36-2)31(35)30(27)34/h5-6,8-15,18,28,33H,7,16-17,19H2,1-4H3/t28-/m1/s1. The van der Waals surface area contributed by atoms with Gasteiger partial charge in [-0.1, -0.05) is 30.3 Å². The number of ketones is 1. The number of hydrogen-bond acceptors (Lipinski definition) is 7. The summed E-state index contributed by atoms with van der Waals surface area (Å²) in [5, 5.41) is 11.4. The summed E-state index contributed by atoms with van der Waals surface area (Å²) in [6.07, 6.45) is 0.528. The van der Waals surface area contributed by atoms with Crippen molar-refractivity contribution in [2.24, 2.45) is 0 Å². The largest absolute Gasteiger partial charge is 0.507 e. The van der Waals surface area contributed by atoms with Gasteiger partial charge >= 0.3 is 0 Å². The Morgan fingerprint density at radius 2 is 1.64 bits per heavy atom. The van der Waals surface area contributed by atoms with Crippen LogP contribution in [0.15, 0.2) is 72.3 Å². The zero-order valence-corrected chi connectivity index (χ0v) is 22.6. The Morgan fingerprint density at radius 3 is 2.31 bits per heavy atom. The lowest BCUT2D eigenvalue weighted by atomic mass is 9.95. The monoisotopic (exact) mass is 531 g/mol. The minimum absolute atomic E-state index is 0.0122. The molecule has 1 heterocycles. The fourth-order valence-corrected chi connectivity index (χ4v) is 4.66. The zero-order chi connectivity index (χ0) is 27.9. The van der Waals surface area contributed by atoms with Gasteiger partial charge in [0.1, 0.15) is 18.1 Å². The van der Waals surface area contributed by atoms with Crippen LogP contribution in [0.2, 0.25) is 0 Å². The maximum Gasteiger partial charge on any atom is 0.295 e. The molecule has 0 spiro atoms. The van der Waals surface area contributed by atoms with E-state index in [4.69, 9.17) is 18.9 Å². The number of aliphatic hydroxyl groups is 1.